The second-order valence-electron chi connectivity index (χ2n) is 6.19. The maximum Gasteiger partial charge on any atom is 0.227 e. The molecule has 0 fully saturated rings. The van der Waals surface area contributed by atoms with Crippen molar-refractivity contribution in [2.24, 2.45) is 5.92 Å². The number of rotatable bonds is 8. The molecule has 2 unspecified atom stereocenters. The summed E-state index contributed by atoms with van der Waals surface area (Å²) >= 11 is 0. The van der Waals surface area contributed by atoms with Gasteiger partial charge in [-0.05, 0) is 25.0 Å². The van der Waals surface area contributed by atoms with Crippen molar-refractivity contribution < 1.29 is 14.4 Å². The molecule has 0 bridgehead atoms. The van der Waals surface area contributed by atoms with E-state index in [1.54, 1.807) is 31.5 Å². The highest BCUT2D eigenvalue weighted by Gasteiger charge is 2.27. The molecule has 0 aliphatic carbocycles. The first-order chi connectivity index (χ1) is 11.4. The van der Waals surface area contributed by atoms with Crippen LogP contribution in [-0.2, 0) is 11.2 Å². The minimum atomic E-state index is -0.913. The molecule has 2 aromatic heterocycles. The van der Waals surface area contributed by atoms with Crippen molar-refractivity contribution in [3.05, 3.63) is 30.4 Å². The molecule has 7 nitrogen and oxygen atoms in total. The number of hydrogen-bond acceptors (Lipinski definition) is 6. The molecule has 0 aromatic carbocycles. The highest BCUT2D eigenvalue weighted by atomic mass is 16.5. The van der Waals surface area contributed by atoms with Crippen LogP contribution < -0.4 is 5.32 Å². The number of aryl methyl sites for hydroxylation is 1. The first kappa shape index (κ1) is 18.1. The summed E-state index contributed by atoms with van der Waals surface area (Å²) in [6.07, 6.45) is 4.75. The van der Waals surface area contributed by atoms with E-state index in [1.807, 2.05) is 13.8 Å². The van der Waals surface area contributed by atoms with Gasteiger partial charge in [-0.25, -0.2) is 0 Å². The van der Waals surface area contributed by atoms with E-state index in [2.05, 4.69) is 20.4 Å². The smallest absolute Gasteiger partial charge is 0.227 e. The average molecular weight is 332 g/mol. The molecule has 24 heavy (non-hydrogen) atoms. The Hall–Kier alpha value is -2.28. The number of aliphatic hydroxyl groups is 1. The molecule has 2 rings (SSSR count). The Bertz CT molecular complexity index is 655. The Morgan fingerprint density at radius 3 is 2.79 bits per heavy atom. The van der Waals surface area contributed by atoms with Gasteiger partial charge in [0.1, 0.15) is 0 Å². The van der Waals surface area contributed by atoms with E-state index >= 15 is 0 Å². The van der Waals surface area contributed by atoms with Crippen molar-refractivity contribution in [3.8, 4) is 11.4 Å². The highest BCUT2D eigenvalue weighted by molar-refractivity contribution is 5.76. The molecule has 0 aliphatic rings. The van der Waals surface area contributed by atoms with Crippen molar-refractivity contribution in [2.75, 3.05) is 6.54 Å². The third-order valence-electron chi connectivity index (χ3n) is 4.29. The molecular formula is C17H24N4O3. The van der Waals surface area contributed by atoms with Gasteiger partial charge in [-0.3, -0.25) is 9.78 Å². The minimum absolute atomic E-state index is 0.108. The van der Waals surface area contributed by atoms with Gasteiger partial charge in [0.15, 0.2) is 0 Å². The predicted molar refractivity (Wildman–Crippen MR) is 88.9 cm³/mol. The van der Waals surface area contributed by atoms with Crippen LogP contribution >= 0.6 is 0 Å². The van der Waals surface area contributed by atoms with Crippen molar-refractivity contribution in [1.29, 1.82) is 0 Å². The Balaban J connectivity index is 1.81. The third kappa shape index (κ3) is 4.86. The lowest BCUT2D eigenvalue weighted by atomic mass is 9.88. The third-order valence-corrected chi connectivity index (χ3v) is 4.29. The Morgan fingerprint density at radius 1 is 1.42 bits per heavy atom. The van der Waals surface area contributed by atoms with Gasteiger partial charge in [0.2, 0.25) is 17.6 Å². The molecule has 0 spiro atoms. The molecule has 2 N–H and O–H groups in total. The Labute approximate surface area is 141 Å². The van der Waals surface area contributed by atoms with Crippen LogP contribution in [0.3, 0.4) is 0 Å². The molecule has 2 aromatic rings. The molecule has 0 saturated carbocycles. The Morgan fingerprint density at radius 2 is 2.12 bits per heavy atom. The van der Waals surface area contributed by atoms with E-state index in [1.165, 1.54) is 0 Å². The summed E-state index contributed by atoms with van der Waals surface area (Å²) < 4.78 is 5.16. The van der Waals surface area contributed by atoms with Crippen LogP contribution in [0.2, 0.25) is 0 Å². The van der Waals surface area contributed by atoms with E-state index in [0.29, 0.717) is 18.1 Å². The van der Waals surface area contributed by atoms with Gasteiger partial charge in [0, 0.05) is 37.3 Å². The van der Waals surface area contributed by atoms with Crippen LogP contribution in [-0.4, -0.2) is 38.3 Å². The average Bonchev–Trinajstić information content (AvgIpc) is 3.07. The fraction of sp³-hybridized carbons (Fsp3) is 0.529. The summed E-state index contributed by atoms with van der Waals surface area (Å²) in [7, 11) is 0. The van der Waals surface area contributed by atoms with Gasteiger partial charge in [-0.1, -0.05) is 25.4 Å². The van der Waals surface area contributed by atoms with Gasteiger partial charge >= 0.3 is 0 Å². The molecular weight excluding hydrogens is 308 g/mol. The van der Waals surface area contributed by atoms with Gasteiger partial charge < -0.3 is 14.9 Å². The Kier molecular flexibility index (Phi) is 6.03. The maximum absolute atomic E-state index is 11.9. The fourth-order valence-corrected chi connectivity index (χ4v) is 2.18. The number of nitrogens with zero attached hydrogens (tertiary/aromatic N) is 3. The largest absolute Gasteiger partial charge is 0.388 e. The van der Waals surface area contributed by atoms with E-state index in [4.69, 9.17) is 4.52 Å². The highest BCUT2D eigenvalue weighted by Crippen LogP contribution is 2.19. The van der Waals surface area contributed by atoms with Crippen LogP contribution in [0.1, 0.15) is 39.5 Å². The van der Waals surface area contributed by atoms with Crippen molar-refractivity contribution in [1.82, 2.24) is 20.4 Å². The fourth-order valence-electron chi connectivity index (χ4n) is 2.18. The molecule has 2 heterocycles. The van der Waals surface area contributed by atoms with Crippen LogP contribution in [0, 0.1) is 5.92 Å². The standard InChI is InChI=1S/C17H24N4O3/c1-4-12(2)17(3,23)11-19-14(22)5-6-15-20-16(21-24-15)13-7-9-18-10-8-13/h7-10,12,23H,4-6,11H2,1-3H3,(H,19,22). The number of carbonyl (C=O) groups is 1. The van der Waals surface area contributed by atoms with Gasteiger partial charge in [0.25, 0.3) is 0 Å². The predicted octanol–water partition coefficient (Wildman–Crippen LogP) is 1.98. The van der Waals surface area contributed by atoms with E-state index in [9.17, 15) is 9.90 Å². The molecule has 130 valence electrons. The summed E-state index contributed by atoms with van der Waals surface area (Å²) in [6, 6.07) is 3.58. The number of carbonyl (C=O) groups excluding carboxylic acids is 1. The lowest BCUT2D eigenvalue weighted by Crippen LogP contribution is -2.45. The summed E-state index contributed by atoms with van der Waals surface area (Å²) in [6.45, 7) is 5.94. The zero-order valence-corrected chi connectivity index (χ0v) is 14.3. The van der Waals surface area contributed by atoms with Gasteiger partial charge in [-0.15, -0.1) is 0 Å². The van der Waals surface area contributed by atoms with Crippen molar-refractivity contribution in [3.63, 3.8) is 0 Å². The molecule has 0 radical (unpaired) electrons. The minimum Gasteiger partial charge on any atom is -0.388 e. The van der Waals surface area contributed by atoms with Crippen LogP contribution in [0.25, 0.3) is 11.4 Å². The van der Waals surface area contributed by atoms with Crippen LogP contribution in [0.5, 0.6) is 0 Å². The lowest BCUT2D eigenvalue weighted by Gasteiger charge is -2.29. The quantitative estimate of drug-likeness (QED) is 0.766. The summed E-state index contributed by atoms with van der Waals surface area (Å²) in [5.74, 6) is 0.845. The van der Waals surface area contributed by atoms with Crippen LogP contribution in [0.15, 0.2) is 29.0 Å². The second-order valence-corrected chi connectivity index (χ2v) is 6.19. The maximum atomic E-state index is 11.9. The lowest BCUT2D eigenvalue weighted by molar-refractivity contribution is -0.122. The number of hydrogen-bond donors (Lipinski definition) is 2. The zero-order chi connectivity index (χ0) is 17.6. The number of nitrogens with one attached hydrogen (secondary N) is 1. The summed E-state index contributed by atoms with van der Waals surface area (Å²) in [4.78, 5) is 20.1. The first-order valence-electron chi connectivity index (χ1n) is 8.14. The normalized spacial score (nSPS) is 14.8. The molecule has 2 atom stereocenters. The van der Waals surface area contributed by atoms with Crippen LogP contribution in [0.4, 0.5) is 0 Å². The van der Waals surface area contributed by atoms with Crippen molar-refractivity contribution >= 4 is 5.91 Å². The summed E-state index contributed by atoms with van der Waals surface area (Å²) in [5, 5.41) is 16.9. The first-order valence-corrected chi connectivity index (χ1v) is 8.14. The van der Waals surface area contributed by atoms with E-state index in [-0.39, 0.29) is 24.8 Å². The SMILES string of the molecule is CCC(C)C(C)(O)CNC(=O)CCc1nc(-c2ccncc2)no1. The molecule has 1 amide bonds. The molecule has 0 aliphatic heterocycles. The zero-order valence-electron chi connectivity index (χ0n) is 14.3. The van der Waals surface area contributed by atoms with Crippen molar-refractivity contribution in [2.45, 2.75) is 45.6 Å². The molecule has 7 heteroatoms. The monoisotopic (exact) mass is 332 g/mol. The number of amides is 1. The van der Waals surface area contributed by atoms with Gasteiger partial charge in [0.05, 0.1) is 5.60 Å². The molecule has 0 saturated heterocycles. The van der Waals surface area contributed by atoms with E-state index in [0.717, 1.165) is 12.0 Å². The van der Waals surface area contributed by atoms with E-state index < -0.39 is 5.60 Å². The summed E-state index contributed by atoms with van der Waals surface area (Å²) in [5.41, 5.74) is -0.0993. The topological polar surface area (TPSA) is 101 Å². The number of aromatic nitrogens is 3. The van der Waals surface area contributed by atoms with Gasteiger partial charge in [-0.2, -0.15) is 4.98 Å². The second kappa shape index (κ2) is 8.01. The number of pyridine rings is 1.